The number of hydrogen-bond acceptors (Lipinski definition) is 12. The van der Waals surface area contributed by atoms with E-state index in [9.17, 15) is 0 Å². The standard InChI is InChI=1S/C23H26N4O2.C12H11ClN2O2.C11H16N2/c1-4-13-27(3)16-18-7-6-8-19(15-18)25-23-24-12-11-21(26-23)22-10-9-20(29-22)17-28-14-5-2;1-2-7-16-8-9-3-4-11(17-9)10-5-6-14-12(13)15-10;1-3-7-13(2)9-10-5-4-6-11(12)8-10/h4-12,15H,1-2,13-14,16-17H2,3H3,(H,24,25,26);2-6H,1,7-8H2;3-6,8H,1,7,9,12H2,2H3. The summed E-state index contributed by atoms with van der Waals surface area (Å²) in [5, 5.41) is 3.47. The Kier molecular flexibility index (Phi) is 19.5. The van der Waals surface area contributed by atoms with Crippen LogP contribution in [0.5, 0.6) is 0 Å². The molecule has 0 unspecified atom stereocenters. The Labute approximate surface area is 352 Å². The molecule has 59 heavy (non-hydrogen) atoms. The molecule has 0 atom stereocenters. The lowest BCUT2D eigenvalue weighted by atomic mass is 10.2. The molecule has 0 fully saturated rings. The molecule has 0 saturated heterocycles. The molecule has 0 saturated carbocycles. The molecular weight excluding hydrogens is 764 g/mol. The number of likely N-dealkylation sites (N-methyl/N-ethyl adjacent to an activating group) is 2. The summed E-state index contributed by atoms with van der Waals surface area (Å²) in [5.41, 5.74) is 11.2. The molecule has 13 heteroatoms. The van der Waals surface area contributed by atoms with Crippen LogP contribution in [-0.2, 0) is 35.8 Å². The van der Waals surface area contributed by atoms with Crippen molar-refractivity contribution in [3.63, 3.8) is 0 Å². The highest BCUT2D eigenvalue weighted by Crippen LogP contribution is 2.24. The predicted molar refractivity (Wildman–Crippen MR) is 238 cm³/mol. The SMILES string of the molecule is C=CCN(C)Cc1cccc(N)c1.C=CCOCc1ccc(-c2ccnc(Cl)n2)o1.C=CCOCc1ccc(-c2ccnc(Nc3cccc(CN(C)CC=C)c3)n2)o1. The molecule has 0 amide bonds. The first-order chi connectivity index (χ1) is 28.7. The number of nitrogens with zero attached hydrogens (tertiary/aromatic N) is 6. The lowest BCUT2D eigenvalue weighted by Crippen LogP contribution is -2.17. The van der Waals surface area contributed by atoms with Crippen molar-refractivity contribution in [2.75, 3.05) is 51.4 Å². The third-order valence-corrected chi connectivity index (χ3v) is 8.17. The van der Waals surface area contributed by atoms with E-state index in [0.29, 0.717) is 55.3 Å². The summed E-state index contributed by atoms with van der Waals surface area (Å²) in [5.74, 6) is 3.31. The maximum absolute atomic E-state index is 5.82. The Balaban J connectivity index is 0.000000216. The van der Waals surface area contributed by atoms with E-state index in [4.69, 9.17) is 35.6 Å². The molecular formula is C46H53ClN8O4. The monoisotopic (exact) mass is 816 g/mol. The molecule has 0 spiro atoms. The summed E-state index contributed by atoms with van der Waals surface area (Å²) in [6.45, 7) is 19.9. The zero-order chi connectivity index (χ0) is 42.2. The third-order valence-electron chi connectivity index (χ3n) is 7.99. The van der Waals surface area contributed by atoms with Gasteiger partial charge in [-0.05, 0) is 97.5 Å². The Morgan fingerprint density at radius 3 is 1.76 bits per heavy atom. The van der Waals surface area contributed by atoms with E-state index < -0.39 is 0 Å². The lowest BCUT2D eigenvalue weighted by molar-refractivity contribution is 0.132. The summed E-state index contributed by atoms with van der Waals surface area (Å²) in [6, 6.07) is 27.2. The molecule has 0 aliphatic carbocycles. The quantitative estimate of drug-likeness (QED) is 0.0328. The zero-order valence-corrected chi connectivity index (χ0v) is 34.6. The molecule has 4 heterocycles. The summed E-state index contributed by atoms with van der Waals surface area (Å²) < 4.78 is 22.1. The Morgan fingerprint density at radius 1 is 0.678 bits per heavy atom. The van der Waals surface area contributed by atoms with Gasteiger partial charge in [-0.25, -0.2) is 19.9 Å². The van der Waals surface area contributed by atoms with Crippen LogP contribution in [-0.4, -0.2) is 70.1 Å². The largest absolute Gasteiger partial charge is 0.457 e. The van der Waals surface area contributed by atoms with Crippen LogP contribution in [0.25, 0.3) is 22.9 Å². The highest BCUT2D eigenvalue weighted by atomic mass is 35.5. The van der Waals surface area contributed by atoms with E-state index >= 15 is 0 Å². The van der Waals surface area contributed by atoms with Gasteiger partial charge in [0.15, 0.2) is 11.5 Å². The number of hydrogen-bond donors (Lipinski definition) is 2. The third kappa shape index (κ3) is 16.7. The van der Waals surface area contributed by atoms with E-state index in [1.54, 1.807) is 30.6 Å². The summed E-state index contributed by atoms with van der Waals surface area (Å²) in [6.07, 6.45) is 10.5. The van der Waals surface area contributed by atoms with Crippen LogP contribution < -0.4 is 11.1 Å². The maximum Gasteiger partial charge on any atom is 0.227 e. The van der Waals surface area contributed by atoms with Crippen LogP contribution in [0.2, 0.25) is 5.28 Å². The van der Waals surface area contributed by atoms with Crippen molar-refractivity contribution in [2.45, 2.75) is 26.3 Å². The fourth-order valence-electron chi connectivity index (χ4n) is 5.46. The van der Waals surface area contributed by atoms with E-state index in [1.807, 2.05) is 72.8 Å². The summed E-state index contributed by atoms with van der Waals surface area (Å²) in [7, 11) is 4.12. The van der Waals surface area contributed by atoms with Crippen molar-refractivity contribution in [3.8, 4) is 22.9 Å². The maximum atomic E-state index is 5.82. The number of halogens is 1. The van der Waals surface area contributed by atoms with Crippen LogP contribution in [0.1, 0.15) is 22.6 Å². The minimum atomic E-state index is 0.198. The van der Waals surface area contributed by atoms with Crippen molar-refractivity contribution in [3.05, 3.63) is 176 Å². The van der Waals surface area contributed by atoms with Gasteiger partial charge in [-0.15, -0.1) is 26.3 Å². The van der Waals surface area contributed by atoms with Crippen LogP contribution in [0.3, 0.4) is 0 Å². The van der Waals surface area contributed by atoms with Crippen LogP contribution in [0.4, 0.5) is 17.3 Å². The molecule has 4 aromatic heterocycles. The second-order valence-electron chi connectivity index (χ2n) is 13.2. The smallest absolute Gasteiger partial charge is 0.227 e. The number of furan rings is 2. The predicted octanol–water partition coefficient (Wildman–Crippen LogP) is 9.78. The highest BCUT2D eigenvalue weighted by molar-refractivity contribution is 6.28. The summed E-state index contributed by atoms with van der Waals surface area (Å²) >= 11 is 5.70. The minimum absolute atomic E-state index is 0.198. The fraction of sp³-hybridized carbons (Fsp3) is 0.217. The van der Waals surface area contributed by atoms with Crippen molar-refractivity contribution in [1.29, 1.82) is 0 Å². The Hall–Kier alpha value is -6.15. The topological polar surface area (TPSA) is 141 Å². The molecule has 2 aromatic carbocycles. The van der Waals surface area contributed by atoms with Crippen LogP contribution in [0.15, 0.2) is 157 Å². The average molecular weight is 817 g/mol. The van der Waals surface area contributed by atoms with Gasteiger partial charge < -0.3 is 29.4 Å². The number of aromatic nitrogens is 4. The van der Waals surface area contributed by atoms with Gasteiger partial charge in [0.1, 0.15) is 36.1 Å². The molecule has 3 N–H and O–H groups in total. The molecule has 308 valence electrons. The number of anilines is 3. The second-order valence-corrected chi connectivity index (χ2v) is 13.5. The van der Waals surface area contributed by atoms with Crippen molar-refractivity contribution in [2.24, 2.45) is 0 Å². The number of benzene rings is 2. The fourth-order valence-corrected chi connectivity index (χ4v) is 5.61. The van der Waals surface area contributed by atoms with E-state index in [2.05, 4.69) is 93.7 Å². The van der Waals surface area contributed by atoms with Crippen molar-refractivity contribution >= 4 is 28.9 Å². The molecule has 6 aromatic rings. The molecule has 0 bridgehead atoms. The normalized spacial score (nSPS) is 10.6. The van der Waals surface area contributed by atoms with Crippen LogP contribution >= 0.6 is 11.6 Å². The second kappa shape index (κ2) is 25.3. The van der Waals surface area contributed by atoms with Gasteiger partial charge in [0.25, 0.3) is 0 Å². The van der Waals surface area contributed by atoms with Gasteiger partial charge in [0.05, 0.1) is 13.2 Å². The lowest BCUT2D eigenvalue weighted by Gasteiger charge is -2.15. The van der Waals surface area contributed by atoms with Crippen LogP contribution in [0, 0.1) is 0 Å². The van der Waals surface area contributed by atoms with Gasteiger partial charge in [-0.1, -0.05) is 48.6 Å². The first-order valence-corrected chi connectivity index (χ1v) is 19.2. The van der Waals surface area contributed by atoms with Crippen molar-refractivity contribution < 1.29 is 18.3 Å². The molecule has 0 radical (unpaired) electrons. The van der Waals surface area contributed by atoms with E-state index in [-0.39, 0.29) is 5.28 Å². The van der Waals surface area contributed by atoms with E-state index in [1.165, 1.54) is 11.1 Å². The first kappa shape index (κ1) is 45.6. The number of nitrogens with one attached hydrogen (secondary N) is 1. The average Bonchev–Trinajstić information content (AvgIpc) is 3.90. The number of nitrogens with two attached hydrogens (primary N) is 1. The first-order valence-electron chi connectivity index (χ1n) is 18.9. The van der Waals surface area contributed by atoms with Gasteiger partial charge >= 0.3 is 0 Å². The minimum Gasteiger partial charge on any atom is -0.457 e. The van der Waals surface area contributed by atoms with Crippen molar-refractivity contribution in [1.82, 2.24) is 29.7 Å². The number of ether oxygens (including phenoxy) is 2. The number of rotatable bonds is 20. The molecule has 12 nitrogen and oxygen atoms in total. The molecule has 0 aliphatic heterocycles. The summed E-state index contributed by atoms with van der Waals surface area (Å²) in [4.78, 5) is 21.1. The van der Waals surface area contributed by atoms with Gasteiger partial charge in [-0.2, -0.15) is 0 Å². The zero-order valence-electron chi connectivity index (χ0n) is 33.8. The van der Waals surface area contributed by atoms with Gasteiger partial charge in [0.2, 0.25) is 11.2 Å². The van der Waals surface area contributed by atoms with Gasteiger partial charge in [-0.3, -0.25) is 9.80 Å². The Bertz CT molecular complexity index is 2200. The molecule has 6 rings (SSSR count). The highest BCUT2D eigenvalue weighted by Gasteiger charge is 2.10. The number of nitrogen functional groups attached to an aromatic ring is 1. The molecule has 0 aliphatic rings. The van der Waals surface area contributed by atoms with Gasteiger partial charge in [0, 0.05) is 49.9 Å². The Morgan fingerprint density at radius 2 is 1.22 bits per heavy atom. The van der Waals surface area contributed by atoms with E-state index in [0.717, 1.165) is 49.1 Å².